The van der Waals surface area contributed by atoms with Gasteiger partial charge in [0.1, 0.15) is 0 Å². The first-order valence-electron chi connectivity index (χ1n) is 0.908. The average molecular weight is 171 g/mol. The Hall–Kier alpha value is 0.392. The monoisotopic (exact) mass is 173 g/mol. The first kappa shape index (κ1) is 9.04. The van der Waals surface area contributed by atoms with Crippen molar-refractivity contribution in [3.8, 4) is 0 Å². The van der Waals surface area contributed by atoms with Gasteiger partial charge in [-0.3, -0.25) is 0 Å². The predicted octanol–water partition coefficient (Wildman–Crippen LogP) is -1.25. The molecule has 0 aromatic carbocycles. The van der Waals surface area contributed by atoms with Gasteiger partial charge in [0.25, 0.3) is 0 Å². The quantitative estimate of drug-likeness (QED) is 0.428. The van der Waals surface area contributed by atoms with E-state index < -0.39 is 5.97 Å². The molecule has 0 bridgehead atoms. The van der Waals surface area contributed by atoms with E-state index in [0.29, 0.717) is 0 Å². The maximum atomic E-state index is 8.89. The molecule has 0 spiro atoms. The van der Waals surface area contributed by atoms with E-state index in [9.17, 15) is 0 Å². The number of carboxylic acids is 1. The van der Waals surface area contributed by atoms with Crippen LogP contribution in [0.15, 0.2) is 0 Å². The van der Waals surface area contributed by atoms with Gasteiger partial charge in [-0.15, -0.1) is 0 Å². The SMILES string of the molecule is CC(=O)[O-].[Cd+2]. The van der Waals surface area contributed by atoms with Crippen LogP contribution in [0.25, 0.3) is 0 Å². The second-order valence-electron chi connectivity index (χ2n) is 0.492. The summed E-state index contributed by atoms with van der Waals surface area (Å²) in [5.74, 6) is -1.08. The molecule has 0 aliphatic rings. The van der Waals surface area contributed by atoms with Crippen LogP contribution in [0.5, 0.6) is 0 Å². The van der Waals surface area contributed by atoms with Crippen molar-refractivity contribution in [1.29, 1.82) is 0 Å². The molecule has 0 saturated carbocycles. The van der Waals surface area contributed by atoms with E-state index >= 15 is 0 Å². The molecule has 0 radical (unpaired) electrons. The number of rotatable bonds is 0. The van der Waals surface area contributed by atoms with Crippen molar-refractivity contribution in [3.63, 3.8) is 0 Å². The summed E-state index contributed by atoms with van der Waals surface area (Å²) in [5.41, 5.74) is 0. The normalized spacial score (nSPS) is 5.00. The first-order valence-corrected chi connectivity index (χ1v) is 0.908. The fourth-order valence-electron chi connectivity index (χ4n) is 0. The minimum atomic E-state index is -1.08. The Morgan fingerprint density at radius 3 is 1.80 bits per heavy atom. The summed E-state index contributed by atoms with van der Waals surface area (Å²) in [4.78, 5) is 8.89. The zero-order valence-corrected chi connectivity index (χ0v) is 7.06. The summed E-state index contributed by atoms with van der Waals surface area (Å²) in [7, 11) is 0. The van der Waals surface area contributed by atoms with Crippen LogP contribution in [0.4, 0.5) is 0 Å². The van der Waals surface area contributed by atoms with Crippen LogP contribution in [-0.4, -0.2) is 5.97 Å². The van der Waals surface area contributed by atoms with Crippen molar-refractivity contribution < 1.29 is 37.2 Å². The molecule has 2 nitrogen and oxygen atoms in total. The smallest absolute Gasteiger partial charge is 0.550 e. The molecular formula is C2H3CdO2+. The van der Waals surface area contributed by atoms with Crippen molar-refractivity contribution in [3.05, 3.63) is 0 Å². The van der Waals surface area contributed by atoms with Gasteiger partial charge in [0, 0.05) is 5.97 Å². The predicted molar refractivity (Wildman–Crippen MR) is 10.7 cm³/mol. The fourth-order valence-corrected chi connectivity index (χ4v) is 0. The van der Waals surface area contributed by atoms with Crippen LogP contribution in [0.2, 0.25) is 0 Å². The molecule has 0 fully saturated rings. The molecule has 0 aromatic heterocycles. The van der Waals surface area contributed by atoms with Crippen molar-refractivity contribution in [2.24, 2.45) is 0 Å². The van der Waals surface area contributed by atoms with Gasteiger partial charge in [-0.25, -0.2) is 0 Å². The molecule has 0 N–H and O–H groups in total. The second-order valence-corrected chi connectivity index (χ2v) is 0.492. The van der Waals surface area contributed by atoms with Gasteiger partial charge >= 0.3 is 27.3 Å². The number of carbonyl (C=O) groups excluding carboxylic acids is 1. The van der Waals surface area contributed by atoms with Crippen molar-refractivity contribution in [2.75, 3.05) is 0 Å². The Kier molecular flexibility index (Phi) is 7.94. The van der Waals surface area contributed by atoms with E-state index in [1.165, 1.54) is 0 Å². The Morgan fingerprint density at radius 2 is 1.80 bits per heavy atom. The molecule has 0 aromatic rings. The van der Waals surface area contributed by atoms with Crippen molar-refractivity contribution in [2.45, 2.75) is 6.92 Å². The molecule has 0 rings (SSSR count). The molecule has 0 atom stereocenters. The average Bonchev–Trinajstić information content (AvgIpc) is 0.811. The van der Waals surface area contributed by atoms with Gasteiger partial charge in [-0.1, -0.05) is 0 Å². The minimum absolute atomic E-state index is 0. The summed E-state index contributed by atoms with van der Waals surface area (Å²) < 4.78 is 0. The summed E-state index contributed by atoms with van der Waals surface area (Å²) in [5, 5.41) is 8.89. The number of hydrogen-bond acceptors (Lipinski definition) is 2. The molecular weight excluding hydrogens is 168 g/mol. The molecule has 0 aliphatic heterocycles. The standard InChI is InChI=1S/C2H4O2.Cd/c1-2(3)4;/h1H3,(H,3,4);/q;+2/p-1. The molecule has 5 heavy (non-hydrogen) atoms. The van der Waals surface area contributed by atoms with Crippen LogP contribution in [-0.2, 0) is 32.1 Å². The van der Waals surface area contributed by atoms with E-state index in [1.54, 1.807) is 0 Å². The van der Waals surface area contributed by atoms with Gasteiger partial charge in [-0.05, 0) is 6.92 Å². The molecule has 24 valence electrons. The first-order chi connectivity index (χ1) is 1.73. The maximum absolute atomic E-state index is 8.89. The molecule has 3 heteroatoms. The summed E-state index contributed by atoms with van der Waals surface area (Å²) in [6.07, 6.45) is 0. The zero-order valence-electron chi connectivity index (χ0n) is 3.02. The summed E-state index contributed by atoms with van der Waals surface area (Å²) >= 11 is 0. The van der Waals surface area contributed by atoms with Crippen molar-refractivity contribution in [1.82, 2.24) is 0 Å². The van der Waals surface area contributed by atoms with E-state index in [0.717, 1.165) is 6.92 Å². The molecule has 0 aliphatic carbocycles. The molecule has 0 amide bonds. The van der Waals surface area contributed by atoms with Crippen LogP contribution in [0, 0.1) is 0 Å². The zero-order chi connectivity index (χ0) is 3.58. The van der Waals surface area contributed by atoms with Crippen LogP contribution >= 0.6 is 0 Å². The number of aliphatic carboxylic acids is 1. The number of carboxylic acid groups (broad SMARTS) is 1. The van der Waals surface area contributed by atoms with E-state index in [4.69, 9.17) is 9.90 Å². The maximum Gasteiger partial charge on any atom is 2.00 e. The van der Waals surface area contributed by atoms with Gasteiger partial charge in [0.2, 0.25) is 0 Å². The molecule has 0 saturated heterocycles. The Morgan fingerprint density at radius 1 is 1.80 bits per heavy atom. The van der Waals surface area contributed by atoms with Crippen LogP contribution in [0.3, 0.4) is 0 Å². The van der Waals surface area contributed by atoms with E-state index in [1.807, 2.05) is 0 Å². The summed E-state index contributed by atoms with van der Waals surface area (Å²) in [6, 6.07) is 0. The third kappa shape index (κ3) is 163. The number of carbonyl (C=O) groups is 1. The van der Waals surface area contributed by atoms with Crippen LogP contribution in [0.1, 0.15) is 6.92 Å². The Labute approximate surface area is 50.3 Å². The van der Waals surface area contributed by atoms with Gasteiger partial charge < -0.3 is 9.90 Å². The van der Waals surface area contributed by atoms with Gasteiger partial charge in [0.05, 0.1) is 0 Å². The van der Waals surface area contributed by atoms with E-state index in [2.05, 4.69) is 0 Å². The number of hydrogen-bond donors (Lipinski definition) is 0. The van der Waals surface area contributed by atoms with Crippen molar-refractivity contribution >= 4 is 5.97 Å². The minimum Gasteiger partial charge on any atom is -0.550 e. The second kappa shape index (κ2) is 4.39. The van der Waals surface area contributed by atoms with Crippen LogP contribution < -0.4 is 5.11 Å². The fraction of sp³-hybridized carbons (Fsp3) is 0.500. The third-order valence-corrected chi connectivity index (χ3v) is 0. The van der Waals surface area contributed by atoms with Gasteiger partial charge in [0.15, 0.2) is 0 Å². The molecule has 0 heterocycles. The molecule has 0 unspecified atom stereocenters. The summed E-state index contributed by atoms with van der Waals surface area (Å²) in [6.45, 7) is 0.972. The van der Waals surface area contributed by atoms with Gasteiger partial charge in [-0.2, -0.15) is 0 Å². The largest absolute Gasteiger partial charge is 2.00 e. The van der Waals surface area contributed by atoms with E-state index in [-0.39, 0.29) is 27.3 Å². The third-order valence-electron chi connectivity index (χ3n) is 0. The Balaban J connectivity index is 0. The Bertz CT molecular complexity index is 30.6. The topological polar surface area (TPSA) is 40.1 Å².